The van der Waals surface area contributed by atoms with Crippen molar-refractivity contribution in [3.8, 4) is 5.75 Å². The van der Waals surface area contributed by atoms with E-state index in [-0.39, 0.29) is 18.0 Å². The normalized spacial score (nSPS) is 19.1. The summed E-state index contributed by atoms with van der Waals surface area (Å²) in [4.78, 5) is 4.32. The van der Waals surface area contributed by atoms with Gasteiger partial charge in [-0.2, -0.15) is 4.98 Å². The van der Waals surface area contributed by atoms with Gasteiger partial charge in [0.05, 0.1) is 19.2 Å². The second-order valence-corrected chi connectivity index (χ2v) is 6.45. The van der Waals surface area contributed by atoms with E-state index in [9.17, 15) is 0 Å². The van der Waals surface area contributed by atoms with Gasteiger partial charge < -0.3 is 15.8 Å². The number of ether oxygens (including phenoxy) is 1. The molecule has 3 aromatic rings. The topological polar surface area (TPSA) is 78.0 Å². The Kier molecular flexibility index (Phi) is 3.97. The highest BCUT2D eigenvalue weighted by Gasteiger charge is 2.31. The van der Waals surface area contributed by atoms with Crippen LogP contribution in [0.2, 0.25) is 5.02 Å². The van der Waals surface area contributed by atoms with Crippen molar-refractivity contribution in [2.24, 2.45) is 0 Å². The summed E-state index contributed by atoms with van der Waals surface area (Å²) in [6, 6.07) is 15.9. The lowest BCUT2D eigenvalue weighted by Gasteiger charge is -2.31. The first-order valence-electron chi connectivity index (χ1n) is 8.02. The van der Waals surface area contributed by atoms with Crippen molar-refractivity contribution >= 4 is 23.5 Å². The Morgan fingerprint density at radius 3 is 2.76 bits per heavy atom. The van der Waals surface area contributed by atoms with Crippen LogP contribution < -0.4 is 15.8 Å². The van der Waals surface area contributed by atoms with Gasteiger partial charge in [0.1, 0.15) is 5.75 Å². The van der Waals surface area contributed by atoms with Crippen LogP contribution in [0, 0.1) is 0 Å². The average Bonchev–Trinajstić information content (AvgIpc) is 3.01. The predicted octanol–water partition coefficient (Wildman–Crippen LogP) is 3.67. The standard InChI is InChI=1S/C18H18ClN5O/c1-25-14-4-2-3-12(9-14)16-10-15(11-5-7-13(19)8-6-11)21-18-22-17(20)23-24(16)18/h2-9,15-16H,10H2,1H3,(H3,20,21,22,23)/t15-,16-/m0/s1. The van der Waals surface area contributed by atoms with E-state index in [2.05, 4.69) is 21.5 Å². The number of anilines is 2. The van der Waals surface area contributed by atoms with Crippen LogP contribution in [-0.4, -0.2) is 21.9 Å². The SMILES string of the molecule is COc1cccc([C@@H]2C[C@@H](c3ccc(Cl)cc3)Nc3nc(N)nn32)c1. The third kappa shape index (κ3) is 3.00. The van der Waals surface area contributed by atoms with Gasteiger partial charge in [0, 0.05) is 5.02 Å². The zero-order valence-electron chi connectivity index (χ0n) is 13.7. The summed E-state index contributed by atoms with van der Waals surface area (Å²) in [6.07, 6.45) is 0.810. The van der Waals surface area contributed by atoms with E-state index in [0.29, 0.717) is 5.95 Å². The molecule has 25 heavy (non-hydrogen) atoms. The molecular formula is C18H18ClN5O. The van der Waals surface area contributed by atoms with Crippen molar-refractivity contribution in [1.29, 1.82) is 0 Å². The van der Waals surface area contributed by atoms with Crippen molar-refractivity contribution < 1.29 is 4.74 Å². The van der Waals surface area contributed by atoms with Crippen LogP contribution in [0.25, 0.3) is 0 Å². The van der Waals surface area contributed by atoms with Crippen LogP contribution >= 0.6 is 11.6 Å². The number of rotatable bonds is 3. The Morgan fingerprint density at radius 1 is 1.20 bits per heavy atom. The molecule has 0 saturated carbocycles. The number of nitrogen functional groups attached to an aromatic ring is 1. The summed E-state index contributed by atoms with van der Waals surface area (Å²) in [6.45, 7) is 0. The van der Waals surface area contributed by atoms with Gasteiger partial charge in [-0.3, -0.25) is 0 Å². The molecule has 1 aliphatic rings. The van der Waals surface area contributed by atoms with E-state index < -0.39 is 0 Å². The van der Waals surface area contributed by atoms with Crippen LogP contribution in [0.4, 0.5) is 11.9 Å². The minimum absolute atomic E-state index is 0.0110. The minimum atomic E-state index is 0.0110. The number of methoxy groups -OCH3 is 1. The first-order valence-corrected chi connectivity index (χ1v) is 8.40. The van der Waals surface area contributed by atoms with Gasteiger partial charge in [0.15, 0.2) is 0 Å². The van der Waals surface area contributed by atoms with Gasteiger partial charge in [-0.1, -0.05) is 35.9 Å². The lowest BCUT2D eigenvalue weighted by Crippen LogP contribution is -2.28. The first kappa shape index (κ1) is 15.8. The van der Waals surface area contributed by atoms with Gasteiger partial charge in [-0.25, -0.2) is 4.68 Å². The molecule has 0 saturated heterocycles. The van der Waals surface area contributed by atoms with E-state index >= 15 is 0 Å². The molecule has 0 fully saturated rings. The lowest BCUT2D eigenvalue weighted by atomic mass is 9.93. The summed E-state index contributed by atoms with van der Waals surface area (Å²) in [7, 11) is 1.66. The fraction of sp³-hybridized carbons (Fsp3) is 0.222. The molecule has 4 rings (SSSR count). The summed E-state index contributed by atoms with van der Waals surface area (Å²) < 4.78 is 7.21. The predicted molar refractivity (Wildman–Crippen MR) is 98.0 cm³/mol. The molecule has 0 bridgehead atoms. The number of halogens is 1. The highest BCUT2D eigenvalue weighted by atomic mass is 35.5. The third-order valence-electron chi connectivity index (χ3n) is 4.46. The number of nitrogens with one attached hydrogen (secondary N) is 1. The number of aromatic nitrogens is 3. The molecule has 1 aliphatic heterocycles. The molecule has 6 nitrogen and oxygen atoms in total. The summed E-state index contributed by atoms with van der Waals surface area (Å²) >= 11 is 6.02. The molecule has 0 radical (unpaired) electrons. The molecule has 0 spiro atoms. The Balaban J connectivity index is 1.75. The molecule has 0 unspecified atom stereocenters. The number of hydrogen-bond acceptors (Lipinski definition) is 5. The molecule has 1 aromatic heterocycles. The summed E-state index contributed by atoms with van der Waals surface area (Å²) in [5, 5.41) is 8.50. The van der Waals surface area contributed by atoms with Gasteiger partial charge in [-0.05, 0) is 41.8 Å². The van der Waals surface area contributed by atoms with E-state index in [1.165, 1.54) is 0 Å². The highest BCUT2D eigenvalue weighted by Crippen LogP contribution is 2.38. The molecule has 3 N–H and O–H groups in total. The first-order chi connectivity index (χ1) is 12.1. The van der Waals surface area contributed by atoms with Gasteiger partial charge in [0.2, 0.25) is 11.9 Å². The van der Waals surface area contributed by atoms with Gasteiger partial charge >= 0.3 is 0 Å². The molecule has 128 valence electrons. The highest BCUT2D eigenvalue weighted by molar-refractivity contribution is 6.30. The zero-order chi connectivity index (χ0) is 17.4. The van der Waals surface area contributed by atoms with Crippen LogP contribution in [-0.2, 0) is 0 Å². The second-order valence-electron chi connectivity index (χ2n) is 6.01. The molecule has 2 aromatic carbocycles. The van der Waals surface area contributed by atoms with Crippen LogP contribution in [0.5, 0.6) is 5.75 Å². The minimum Gasteiger partial charge on any atom is -0.497 e. The number of nitrogens with two attached hydrogens (primary N) is 1. The Bertz CT molecular complexity index is 893. The van der Waals surface area contributed by atoms with Crippen LogP contribution in [0.15, 0.2) is 48.5 Å². The van der Waals surface area contributed by atoms with Crippen molar-refractivity contribution in [1.82, 2.24) is 14.8 Å². The quantitative estimate of drug-likeness (QED) is 0.749. The molecule has 7 heteroatoms. The number of hydrogen-bond donors (Lipinski definition) is 2. The largest absolute Gasteiger partial charge is 0.497 e. The fourth-order valence-corrected chi connectivity index (χ4v) is 3.36. The summed E-state index contributed by atoms with van der Waals surface area (Å²) in [5.41, 5.74) is 8.08. The van der Waals surface area contributed by atoms with Crippen molar-refractivity contribution in [2.45, 2.75) is 18.5 Å². The molecule has 0 amide bonds. The molecule has 2 atom stereocenters. The Hall–Kier alpha value is -2.73. The molecular weight excluding hydrogens is 338 g/mol. The Morgan fingerprint density at radius 2 is 2.00 bits per heavy atom. The fourth-order valence-electron chi connectivity index (χ4n) is 3.23. The number of fused-ring (bicyclic) bond motifs is 1. The van der Waals surface area contributed by atoms with E-state index in [4.69, 9.17) is 22.1 Å². The average molecular weight is 356 g/mol. The molecule has 2 heterocycles. The maximum absolute atomic E-state index is 6.02. The lowest BCUT2D eigenvalue weighted by molar-refractivity contribution is 0.407. The van der Waals surface area contributed by atoms with Crippen LogP contribution in [0.3, 0.4) is 0 Å². The maximum atomic E-state index is 6.02. The van der Waals surface area contributed by atoms with Crippen molar-refractivity contribution in [3.63, 3.8) is 0 Å². The zero-order valence-corrected chi connectivity index (χ0v) is 14.4. The van der Waals surface area contributed by atoms with E-state index in [0.717, 1.165) is 28.3 Å². The van der Waals surface area contributed by atoms with E-state index in [1.807, 2.05) is 47.1 Å². The summed E-state index contributed by atoms with van der Waals surface area (Å²) in [5.74, 6) is 1.73. The Labute approximate surface area is 150 Å². The number of nitrogens with zero attached hydrogens (tertiary/aromatic N) is 3. The van der Waals surface area contributed by atoms with Crippen LogP contribution in [0.1, 0.15) is 29.6 Å². The molecule has 0 aliphatic carbocycles. The maximum Gasteiger partial charge on any atom is 0.241 e. The van der Waals surface area contributed by atoms with Gasteiger partial charge in [-0.15, -0.1) is 5.10 Å². The van der Waals surface area contributed by atoms with Crippen molar-refractivity contribution in [3.05, 3.63) is 64.7 Å². The monoisotopic (exact) mass is 355 g/mol. The second kappa shape index (κ2) is 6.29. The smallest absolute Gasteiger partial charge is 0.241 e. The van der Waals surface area contributed by atoms with E-state index in [1.54, 1.807) is 7.11 Å². The van der Waals surface area contributed by atoms with Gasteiger partial charge in [0.25, 0.3) is 0 Å². The van der Waals surface area contributed by atoms with Crippen molar-refractivity contribution in [2.75, 3.05) is 18.2 Å². The third-order valence-corrected chi connectivity index (χ3v) is 4.71. The number of benzene rings is 2.